The molecule has 1 aromatic carbocycles. The van der Waals surface area contributed by atoms with Crippen LogP contribution in [0, 0.1) is 0 Å². The predicted molar refractivity (Wildman–Crippen MR) is 103 cm³/mol. The van der Waals surface area contributed by atoms with Crippen molar-refractivity contribution in [1.29, 1.82) is 0 Å². The van der Waals surface area contributed by atoms with E-state index in [0.29, 0.717) is 23.7 Å². The molecule has 3 aromatic rings. The van der Waals surface area contributed by atoms with Gasteiger partial charge in [0.25, 0.3) is 16.1 Å². The van der Waals surface area contributed by atoms with Crippen molar-refractivity contribution in [2.75, 3.05) is 26.0 Å². The quantitative estimate of drug-likeness (QED) is 0.717. The van der Waals surface area contributed by atoms with Gasteiger partial charge >= 0.3 is 0 Å². The Kier molecular flexibility index (Phi) is 4.50. The van der Waals surface area contributed by atoms with E-state index in [1.165, 1.54) is 34.0 Å². The fourth-order valence-electron chi connectivity index (χ4n) is 2.91. The number of rotatable bonds is 4. The summed E-state index contributed by atoms with van der Waals surface area (Å²) in [7, 11) is -0.450. The van der Waals surface area contributed by atoms with Crippen molar-refractivity contribution in [1.82, 2.24) is 13.6 Å². The number of benzene rings is 1. The molecule has 1 N–H and O–H groups in total. The molecule has 1 amide bonds. The molecule has 1 aliphatic heterocycles. The van der Waals surface area contributed by atoms with Crippen molar-refractivity contribution in [3.8, 4) is 0 Å². The molecule has 2 aromatic heterocycles. The van der Waals surface area contributed by atoms with Crippen molar-refractivity contribution in [3.05, 3.63) is 46.7 Å². The molecule has 10 heteroatoms. The molecular weight excluding hydrogens is 388 g/mol. The van der Waals surface area contributed by atoms with Crippen LogP contribution in [0.2, 0.25) is 0 Å². The summed E-state index contributed by atoms with van der Waals surface area (Å²) in [5.74, 6) is -0.170. The van der Waals surface area contributed by atoms with Gasteiger partial charge in [0.15, 0.2) is 10.9 Å². The first-order valence-electron chi connectivity index (χ1n) is 8.31. The summed E-state index contributed by atoms with van der Waals surface area (Å²) < 4.78 is 32.8. The molecule has 0 spiro atoms. The van der Waals surface area contributed by atoms with Gasteiger partial charge in [-0.2, -0.15) is 17.0 Å². The summed E-state index contributed by atoms with van der Waals surface area (Å²) in [4.78, 5) is 17.7. The number of anilines is 1. The molecule has 27 heavy (non-hydrogen) atoms. The summed E-state index contributed by atoms with van der Waals surface area (Å²) >= 11 is 1.29. The number of para-hydroxylation sites is 1. The number of amides is 1. The van der Waals surface area contributed by atoms with E-state index in [2.05, 4.69) is 10.3 Å². The van der Waals surface area contributed by atoms with Gasteiger partial charge in [0.1, 0.15) is 5.58 Å². The molecule has 8 nitrogen and oxygen atoms in total. The van der Waals surface area contributed by atoms with Crippen LogP contribution in [0.15, 0.2) is 34.7 Å². The highest BCUT2D eigenvalue weighted by molar-refractivity contribution is 7.86. The van der Waals surface area contributed by atoms with Gasteiger partial charge in [-0.15, -0.1) is 11.3 Å². The molecule has 4 rings (SSSR count). The van der Waals surface area contributed by atoms with Gasteiger partial charge in [-0.05, 0) is 12.1 Å². The summed E-state index contributed by atoms with van der Waals surface area (Å²) in [5, 5.41) is 4.04. The highest BCUT2D eigenvalue weighted by atomic mass is 32.2. The monoisotopic (exact) mass is 406 g/mol. The minimum absolute atomic E-state index is 0.209. The largest absolute Gasteiger partial charge is 0.451 e. The number of furan rings is 1. The molecule has 142 valence electrons. The molecule has 0 saturated heterocycles. The second-order valence-electron chi connectivity index (χ2n) is 6.37. The zero-order valence-corrected chi connectivity index (χ0v) is 16.4. The third kappa shape index (κ3) is 3.36. The highest BCUT2D eigenvalue weighted by Crippen LogP contribution is 2.30. The Labute approximate surface area is 160 Å². The van der Waals surface area contributed by atoms with Crippen LogP contribution in [0.5, 0.6) is 0 Å². The first-order valence-corrected chi connectivity index (χ1v) is 10.5. The van der Waals surface area contributed by atoms with Gasteiger partial charge in [0.05, 0.1) is 12.2 Å². The smallest absolute Gasteiger partial charge is 0.293 e. The van der Waals surface area contributed by atoms with Crippen LogP contribution in [0.4, 0.5) is 5.13 Å². The molecule has 0 bridgehead atoms. The van der Waals surface area contributed by atoms with E-state index < -0.39 is 10.2 Å². The number of nitrogens with one attached hydrogen (secondary N) is 1. The minimum Gasteiger partial charge on any atom is -0.451 e. The lowest BCUT2D eigenvalue weighted by atomic mass is 10.2. The summed E-state index contributed by atoms with van der Waals surface area (Å²) in [6.07, 6.45) is 0.513. The number of fused-ring (bicyclic) bond motifs is 2. The molecule has 0 fully saturated rings. The van der Waals surface area contributed by atoms with E-state index >= 15 is 0 Å². The fraction of sp³-hybridized carbons (Fsp3) is 0.294. The van der Waals surface area contributed by atoms with Crippen molar-refractivity contribution in [2.24, 2.45) is 0 Å². The lowest BCUT2D eigenvalue weighted by Gasteiger charge is -2.27. The Morgan fingerprint density at radius 2 is 2.11 bits per heavy atom. The average Bonchev–Trinajstić information content (AvgIpc) is 3.24. The van der Waals surface area contributed by atoms with E-state index in [4.69, 9.17) is 4.42 Å². The van der Waals surface area contributed by atoms with E-state index in [9.17, 15) is 13.2 Å². The third-order valence-electron chi connectivity index (χ3n) is 4.35. The zero-order valence-electron chi connectivity index (χ0n) is 14.8. The van der Waals surface area contributed by atoms with Crippen molar-refractivity contribution < 1.29 is 17.6 Å². The third-order valence-corrected chi connectivity index (χ3v) is 7.24. The van der Waals surface area contributed by atoms with Crippen LogP contribution in [0.1, 0.15) is 21.1 Å². The number of aromatic nitrogens is 1. The van der Waals surface area contributed by atoms with Crippen molar-refractivity contribution in [2.45, 2.75) is 13.0 Å². The van der Waals surface area contributed by atoms with Crippen LogP contribution >= 0.6 is 11.3 Å². The van der Waals surface area contributed by atoms with E-state index in [1.54, 1.807) is 12.1 Å². The maximum Gasteiger partial charge on any atom is 0.293 e. The molecule has 0 radical (unpaired) electrons. The summed E-state index contributed by atoms with van der Waals surface area (Å²) in [5.41, 5.74) is 1.47. The predicted octanol–water partition coefficient (Wildman–Crippen LogP) is 2.31. The molecular formula is C17H18N4O4S2. The number of hydrogen-bond donors (Lipinski definition) is 1. The van der Waals surface area contributed by atoms with E-state index in [1.807, 2.05) is 18.2 Å². The second-order valence-corrected chi connectivity index (χ2v) is 9.59. The number of carbonyl (C=O) groups excluding carboxylic acids is 1. The van der Waals surface area contributed by atoms with Crippen LogP contribution in [-0.2, 0) is 23.2 Å². The number of nitrogens with zero attached hydrogens (tertiary/aromatic N) is 3. The Hall–Kier alpha value is -2.27. The first kappa shape index (κ1) is 18.1. The van der Waals surface area contributed by atoms with Gasteiger partial charge in [-0.25, -0.2) is 4.98 Å². The number of carbonyl (C=O) groups is 1. The second kappa shape index (κ2) is 6.71. The van der Waals surface area contributed by atoms with Gasteiger partial charge in [-0.3, -0.25) is 10.1 Å². The molecule has 0 saturated carbocycles. The first-order chi connectivity index (χ1) is 12.8. The average molecular weight is 406 g/mol. The van der Waals surface area contributed by atoms with Crippen LogP contribution in [0.3, 0.4) is 0 Å². The lowest BCUT2D eigenvalue weighted by Crippen LogP contribution is -2.42. The van der Waals surface area contributed by atoms with Gasteiger partial charge in [0.2, 0.25) is 0 Å². The Balaban J connectivity index is 1.52. The number of hydrogen-bond acceptors (Lipinski definition) is 6. The SMILES string of the molecule is CN(C)S(=O)(=O)N1CCc2nc(NC(=O)c3cc4ccccc4o3)sc2C1. The Morgan fingerprint density at radius 3 is 2.85 bits per heavy atom. The van der Waals surface area contributed by atoms with Gasteiger partial charge < -0.3 is 4.42 Å². The van der Waals surface area contributed by atoms with Gasteiger partial charge in [0, 0.05) is 37.3 Å². The van der Waals surface area contributed by atoms with Crippen LogP contribution in [-0.4, -0.2) is 48.6 Å². The van der Waals surface area contributed by atoms with Crippen molar-refractivity contribution in [3.63, 3.8) is 0 Å². The maximum absolute atomic E-state index is 12.5. The van der Waals surface area contributed by atoms with Crippen LogP contribution in [0.25, 0.3) is 11.0 Å². The topological polar surface area (TPSA) is 95.8 Å². The van der Waals surface area contributed by atoms with Gasteiger partial charge in [-0.1, -0.05) is 18.2 Å². The molecule has 0 unspecified atom stereocenters. The van der Waals surface area contributed by atoms with Crippen molar-refractivity contribution >= 4 is 43.6 Å². The molecule has 1 aliphatic rings. The van der Waals surface area contributed by atoms with Crippen LogP contribution < -0.4 is 5.32 Å². The fourth-order valence-corrected chi connectivity index (χ4v) is 5.08. The molecule has 0 atom stereocenters. The zero-order chi connectivity index (χ0) is 19.2. The Morgan fingerprint density at radius 1 is 1.33 bits per heavy atom. The maximum atomic E-state index is 12.5. The number of thiazole rings is 1. The lowest BCUT2D eigenvalue weighted by molar-refractivity contribution is 0.0998. The minimum atomic E-state index is -3.47. The normalized spacial score (nSPS) is 15.2. The van der Waals surface area contributed by atoms with E-state index in [-0.39, 0.29) is 18.2 Å². The van der Waals surface area contributed by atoms with E-state index in [0.717, 1.165) is 16.0 Å². The summed E-state index contributed by atoms with van der Waals surface area (Å²) in [6, 6.07) is 9.08. The molecule has 3 heterocycles. The summed E-state index contributed by atoms with van der Waals surface area (Å²) in [6.45, 7) is 0.627. The molecule has 0 aliphatic carbocycles. The Bertz CT molecular complexity index is 1080. The standard InChI is InChI=1S/C17H18N4O4S2/c1-20(2)27(23,24)21-8-7-12-15(10-21)26-17(18-12)19-16(22)14-9-11-5-3-4-6-13(11)25-14/h3-6,9H,7-8,10H2,1-2H3,(H,18,19,22). The highest BCUT2D eigenvalue weighted by Gasteiger charge is 2.30.